The molecule has 0 bridgehead atoms. The lowest BCUT2D eigenvalue weighted by Crippen LogP contribution is -2.20. The molecule has 2 aromatic rings. The number of hydrogen-bond acceptors (Lipinski definition) is 8. The molecule has 0 radical (unpaired) electrons. The average molecular weight is 501 g/mol. The van der Waals surface area contributed by atoms with Gasteiger partial charge in [-0.15, -0.1) is 0 Å². The Morgan fingerprint density at radius 1 is 0.697 bits per heavy atom. The van der Waals surface area contributed by atoms with Gasteiger partial charge in [-0.3, -0.25) is 0 Å². The zero-order valence-electron chi connectivity index (χ0n) is 19.9. The quantitative estimate of drug-likeness (QED) is 0.421. The van der Waals surface area contributed by atoms with Crippen LogP contribution in [0.4, 0.5) is 0 Å². The van der Waals surface area contributed by atoms with Crippen molar-refractivity contribution in [2.75, 3.05) is 14.2 Å². The van der Waals surface area contributed by atoms with Crippen LogP contribution in [0, 0.1) is 0 Å². The topological polar surface area (TPSA) is 105 Å². The van der Waals surface area contributed by atoms with E-state index in [0.717, 1.165) is 49.3 Å². The van der Waals surface area contributed by atoms with Crippen LogP contribution in [-0.4, -0.2) is 31.1 Å². The molecule has 0 aliphatic carbocycles. The van der Waals surface area contributed by atoms with E-state index in [2.05, 4.69) is 8.37 Å². The van der Waals surface area contributed by atoms with Gasteiger partial charge in [0, 0.05) is 5.41 Å². The summed E-state index contributed by atoms with van der Waals surface area (Å²) in [6, 6.07) is 10.8. The zero-order valence-corrected chi connectivity index (χ0v) is 21.5. The number of aryl methyl sites for hydroxylation is 2. The van der Waals surface area contributed by atoms with Gasteiger partial charge in [-0.2, -0.15) is 16.8 Å². The molecule has 10 heteroatoms. The molecular weight excluding hydrogens is 468 g/mol. The molecule has 0 unspecified atom stereocenters. The third-order valence-electron chi connectivity index (χ3n) is 5.39. The second-order valence-corrected chi connectivity index (χ2v) is 10.7. The molecule has 0 aliphatic rings. The lowest BCUT2D eigenvalue weighted by atomic mass is 9.76. The summed E-state index contributed by atoms with van der Waals surface area (Å²) in [5.41, 5.74) is 2.94. The normalized spacial score (nSPS) is 12.5. The SMILES string of the molecule is CCCc1cc(C(C)(C)c2ccc(OS(=O)(=O)OC)c(CCC)c2)ccc1OS(=O)(=O)OC. The Bertz CT molecular complexity index is 1080. The predicted octanol–water partition coefficient (Wildman–Crippen LogP) is 4.46. The Morgan fingerprint density at radius 3 is 1.36 bits per heavy atom. The summed E-state index contributed by atoms with van der Waals surface area (Å²) >= 11 is 0. The summed E-state index contributed by atoms with van der Waals surface area (Å²) in [6.07, 6.45) is 2.85. The molecule has 8 nitrogen and oxygen atoms in total. The molecule has 0 saturated carbocycles. The molecule has 0 heterocycles. The van der Waals surface area contributed by atoms with Gasteiger partial charge in [0.05, 0.1) is 14.2 Å². The Labute approximate surface area is 197 Å². The average Bonchev–Trinajstić information content (AvgIpc) is 2.76. The van der Waals surface area contributed by atoms with E-state index in [1.807, 2.05) is 52.0 Å². The first-order valence-electron chi connectivity index (χ1n) is 10.7. The maximum Gasteiger partial charge on any atom is 0.448 e. The Hall–Kier alpha value is -2.14. The lowest BCUT2D eigenvalue weighted by molar-refractivity contribution is 0.328. The van der Waals surface area contributed by atoms with Gasteiger partial charge in [0.2, 0.25) is 0 Å². The first-order chi connectivity index (χ1) is 15.4. The van der Waals surface area contributed by atoms with Crippen LogP contribution in [0.3, 0.4) is 0 Å². The minimum Gasteiger partial charge on any atom is -0.361 e. The van der Waals surface area contributed by atoms with E-state index in [1.165, 1.54) is 0 Å². The molecule has 0 atom stereocenters. The van der Waals surface area contributed by atoms with Crippen LogP contribution in [0.25, 0.3) is 0 Å². The first-order valence-corrected chi connectivity index (χ1v) is 13.3. The highest BCUT2D eigenvalue weighted by Gasteiger charge is 2.27. The number of rotatable bonds is 12. The second-order valence-electron chi connectivity index (χ2n) is 8.09. The molecule has 0 aliphatic heterocycles. The van der Waals surface area contributed by atoms with E-state index in [4.69, 9.17) is 8.37 Å². The van der Waals surface area contributed by atoms with Gasteiger partial charge in [-0.1, -0.05) is 64.8 Å². The maximum atomic E-state index is 11.8. The first kappa shape index (κ1) is 27.1. The van der Waals surface area contributed by atoms with E-state index in [-0.39, 0.29) is 11.5 Å². The van der Waals surface area contributed by atoms with Crippen LogP contribution < -0.4 is 8.37 Å². The van der Waals surface area contributed by atoms with Crippen molar-refractivity contribution in [1.29, 1.82) is 0 Å². The number of hydrogen-bond donors (Lipinski definition) is 0. The minimum atomic E-state index is -4.12. The van der Waals surface area contributed by atoms with Crippen LogP contribution in [0.1, 0.15) is 62.8 Å². The second kappa shape index (κ2) is 10.9. The standard InChI is InChI=1S/C23H32O8S2/c1-7-9-17-15-19(11-13-21(17)30-32(24,25)28-5)23(3,4)20-12-14-22(18(16-20)10-8-2)31-33(26,27)29-6/h11-16H,7-10H2,1-6H3. The Balaban J connectivity index is 2.51. The molecule has 2 aromatic carbocycles. The van der Waals surface area contributed by atoms with Crippen molar-refractivity contribution < 1.29 is 33.6 Å². The van der Waals surface area contributed by atoms with Gasteiger partial charge in [-0.25, -0.2) is 8.37 Å². The molecular formula is C23H32O8S2. The van der Waals surface area contributed by atoms with Crippen LogP contribution in [0.15, 0.2) is 36.4 Å². The van der Waals surface area contributed by atoms with E-state index in [1.54, 1.807) is 12.1 Å². The van der Waals surface area contributed by atoms with Crippen LogP contribution in [0.5, 0.6) is 11.5 Å². The van der Waals surface area contributed by atoms with Crippen molar-refractivity contribution in [2.45, 2.75) is 58.8 Å². The largest absolute Gasteiger partial charge is 0.448 e. The maximum absolute atomic E-state index is 11.8. The Kier molecular flexibility index (Phi) is 8.92. The van der Waals surface area contributed by atoms with Gasteiger partial charge in [0.15, 0.2) is 0 Å². The Morgan fingerprint density at radius 2 is 1.06 bits per heavy atom. The highest BCUT2D eigenvalue weighted by molar-refractivity contribution is 7.82. The third kappa shape index (κ3) is 6.92. The summed E-state index contributed by atoms with van der Waals surface area (Å²) in [5.74, 6) is 0.469. The molecule has 0 aromatic heterocycles. The summed E-state index contributed by atoms with van der Waals surface area (Å²) in [4.78, 5) is 0. The van der Waals surface area contributed by atoms with E-state index in [0.29, 0.717) is 12.8 Å². The fourth-order valence-electron chi connectivity index (χ4n) is 3.48. The van der Waals surface area contributed by atoms with Crippen molar-refractivity contribution >= 4 is 20.8 Å². The monoisotopic (exact) mass is 500 g/mol. The third-order valence-corrected chi connectivity index (χ3v) is 6.98. The van der Waals surface area contributed by atoms with Crippen molar-refractivity contribution in [1.82, 2.24) is 0 Å². The molecule has 184 valence electrons. The molecule has 33 heavy (non-hydrogen) atoms. The number of benzene rings is 2. The molecule has 2 rings (SSSR count). The van der Waals surface area contributed by atoms with E-state index >= 15 is 0 Å². The molecule has 0 spiro atoms. The van der Waals surface area contributed by atoms with Gasteiger partial charge in [0.1, 0.15) is 11.5 Å². The lowest BCUT2D eigenvalue weighted by Gasteiger charge is -2.28. The fraction of sp³-hybridized carbons (Fsp3) is 0.478. The summed E-state index contributed by atoms with van der Waals surface area (Å²) in [7, 11) is -6.15. The van der Waals surface area contributed by atoms with Gasteiger partial charge in [0.25, 0.3) is 0 Å². The van der Waals surface area contributed by atoms with E-state index in [9.17, 15) is 16.8 Å². The summed E-state index contributed by atoms with van der Waals surface area (Å²) in [5, 5.41) is 0. The van der Waals surface area contributed by atoms with E-state index < -0.39 is 26.2 Å². The van der Waals surface area contributed by atoms with Gasteiger partial charge in [-0.05, 0) is 47.2 Å². The van der Waals surface area contributed by atoms with Gasteiger partial charge < -0.3 is 8.37 Å². The fourth-order valence-corrected chi connectivity index (χ4v) is 4.38. The van der Waals surface area contributed by atoms with Crippen LogP contribution in [0.2, 0.25) is 0 Å². The predicted molar refractivity (Wildman–Crippen MR) is 126 cm³/mol. The molecule has 0 N–H and O–H groups in total. The smallest absolute Gasteiger partial charge is 0.361 e. The highest BCUT2D eigenvalue weighted by Crippen LogP contribution is 2.37. The van der Waals surface area contributed by atoms with Crippen molar-refractivity contribution in [3.63, 3.8) is 0 Å². The highest BCUT2D eigenvalue weighted by atomic mass is 32.3. The summed E-state index contributed by atoms with van der Waals surface area (Å²) in [6.45, 7) is 8.08. The molecule has 0 saturated heterocycles. The summed E-state index contributed by atoms with van der Waals surface area (Å²) < 4.78 is 66.1. The van der Waals surface area contributed by atoms with Crippen LogP contribution in [-0.2, 0) is 47.4 Å². The van der Waals surface area contributed by atoms with Crippen molar-refractivity contribution in [2.24, 2.45) is 0 Å². The van der Waals surface area contributed by atoms with Crippen LogP contribution >= 0.6 is 0 Å². The minimum absolute atomic E-state index is 0.235. The zero-order chi connectivity index (χ0) is 24.9. The van der Waals surface area contributed by atoms with Crippen molar-refractivity contribution in [3.05, 3.63) is 58.7 Å². The van der Waals surface area contributed by atoms with Gasteiger partial charge >= 0.3 is 20.8 Å². The van der Waals surface area contributed by atoms with Crippen molar-refractivity contribution in [3.8, 4) is 11.5 Å². The molecule has 0 amide bonds. The molecule has 0 fully saturated rings.